The summed E-state index contributed by atoms with van der Waals surface area (Å²) in [5.74, 6) is 0.700. The molecule has 0 aliphatic carbocycles. The average molecular weight is 372 g/mol. The van der Waals surface area contributed by atoms with E-state index in [4.69, 9.17) is 9.47 Å². The molecular formula is C16H24N2O6S. The molecule has 1 aromatic carbocycles. The van der Waals surface area contributed by atoms with Crippen molar-refractivity contribution in [1.82, 2.24) is 10.6 Å². The van der Waals surface area contributed by atoms with Gasteiger partial charge < -0.3 is 25.2 Å². The van der Waals surface area contributed by atoms with Gasteiger partial charge in [-0.2, -0.15) is 0 Å². The Morgan fingerprint density at radius 1 is 1.20 bits per heavy atom. The number of hydrogen-bond donors (Lipinski definition) is 3. The fourth-order valence-electron chi connectivity index (χ4n) is 2.68. The van der Waals surface area contributed by atoms with E-state index >= 15 is 0 Å². The van der Waals surface area contributed by atoms with Crippen molar-refractivity contribution in [1.29, 1.82) is 0 Å². The third-order valence-electron chi connectivity index (χ3n) is 4.02. The van der Waals surface area contributed by atoms with Crippen LogP contribution in [-0.4, -0.2) is 76.8 Å². The summed E-state index contributed by atoms with van der Waals surface area (Å²) in [5.41, 5.74) is 0.510. The summed E-state index contributed by atoms with van der Waals surface area (Å²) in [5, 5.41) is 15.7. The zero-order chi connectivity index (χ0) is 18.4. The lowest BCUT2D eigenvalue weighted by atomic mass is 10.1. The van der Waals surface area contributed by atoms with Gasteiger partial charge in [-0.05, 0) is 18.2 Å². The number of carbonyl (C=O) groups is 1. The first-order valence-corrected chi connectivity index (χ1v) is 9.76. The molecule has 2 atom stereocenters. The van der Waals surface area contributed by atoms with Crippen LogP contribution >= 0.6 is 0 Å². The van der Waals surface area contributed by atoms with E-state index in [0.717, 1.165) is 0 Å². The monoisotopic (exact) mass is 372 g/mol. The lowest BCUT2D eigenvalue weighted by Gasteiger charge is -2.15. The first-order valence-electron chi connectivity index (χ1n) is 7.94. The normalized spacial score (nSPS) is 21.9. The molecule has 140 valence electrons. The lowest BCUT2D eigenvalue weighted by molar-refractivity contribution is 0.0990. The van der Waals surface area contributed by atoms with Crippen molar-refractivity contribution in [3.05, 3.63) is 23.8 Å². The highest BCUT2D eigenvalue weighted by Gasteiger charge is 2.35. The van der Waals surface area contributed by atoms with E-state index in [9.17, 15) is 18.3 Å². The van der Waals surface area contributed by atoms with Crippen LogP contribution in [0.1, 0.15) is 10.4 Å². The summed E-state index contributed by atoms with van der Waals surface area (Å²) in [6.07, 6.45) is -0.876. The number of aliphatic hydroxyl groups is 1. The van der Waals surface area contributed by atoms with Gasteiger partial charge in [0.05, 0.1) is 38.4 Å². The number of sulfone groups is 1. The number of hydrogen-bond acceptors (Lipinski definition) is 8. The van der Waals surface area contributed by atoms with E-state index in [1.807, 2.05) is 0 Å². The Kier molecular flexibility index (Phi) is 6.77. The van der Waals surface area contributed by atoms with Gasteiger partial charge in [-0.3, -0.25) is 4.79 Å². The molecule has 0 spiro atoms. The second kappa shape index (κ2) is 8.61. The summed E-state index contributed by atoms with van der Waals surface area (Å²) in [7, 11) is -0.123. The summed E-state index contributed by atoms with van der Waals surface area (Å²) < 4.78 is 33.1. The van der Waals surface area contributed by atoms with Gasteiger partial charge in [-0.15, -0.1) is 0 Å². The van der Waals surface area contributed by atoms with Crippen LogP contribution in [0.5, 0.6) is 11.5 Å². The van der Waals surface area contributed by atoms with Crippen molar-refractivity contribution < 1.29 is 27.8 Å². The molecule has 0 amide bonds. The molecule has 0 unspecified atom stereocenters. The maximum Gasteiger partial charge on any atom is 0.176 e. The van der Waals surface area contributed by atoms with Gasteiger partial charge in [0.15, 0.2) is 27.1 Å². The fourth-order valence-corrected chi connectivity index (χ4v) is 4.46. The standard InChI is InChI=1S/C16H24N2O6S/c1-23-15-4-3-11(7-16(15)24-2)13(19)8-17-5-6-18-12-9-25(21,22)10-14(12)20/h3-4,7,12,14,17-18,20H,5-6,8-10H2,1-2H3/t12-,14-/m1/s1. The van der Waals surface area contributed by atoms with E-state index in [0.29, 0.717) is 30.2 Å². The third kappa shape index (κ3) is 5.40. The van der Waals surface area contributed by atoms with Crippen LogP contribution in [-0.2, 0) is 9.84 Å². The van der Waals surface area contributed by atoms with E-state index < -0.39 is 22.0 Å². The van der Waals surface area contributed by atoms with Gasteiger partial charge in [0.25, 0.3) is 0 Å². The van der Waals surface area contributed by atoms with Gasteiger partial charge in [-0.25, -0.2) is 8.42 Å². The Hall–Kier alpha value is -1.68. The largest absolute Gasteiger partial charge is 0.493 e. The summed E-state index contributed by atoms with van der Waals surface area (Å²) in [4.78, 5) is 12.2. The van der Waals surface area contributed by atoms with Crippen molar-refractivity contribution >= 4 is 15.6 Å². The molecule has 1 fully saturated rings. The zero-order valence-corrected chi connectivity index (χ0v) is 15.1. The number of Topliss-reactive ketones (excluding diaryl/α,β-unsaturated/α-hetero) is 1. The number of methoxy groups -OCH3 is 2. The van der Waals surface area contributed by atoms with Gasteiger partial charge in [0.2, 0.25) is 0 Å². The first-order chi connectivity index (χ1) is 11.9. The summed E-state index contributed by atoms with van der Waals surface area (Å²) in [6, 6.07) is 4.52. The Balaban J connectivity index is 1.74. The number of benzene rings is 1. The van der Waals surface area contributed by atoms with Crippen molar-refractivity contribution in [3.63, 3.8) is 0 Å². The molecule has 1 saturated heterocycles. The van der Waals surface area contributed by atoms with Crippen LogP contribution in [0.3, 0.4) is 0 Å². The number of nitrogens with one attached hydrogen (secondary N) is 2. The van der Waals surface area contributed by atoms with Crippen molar-refractivity contribution in [2.45, 2.75) is 12.1 Å². The highest BCUT2D eigenvalue weighted by Crippen LogP contribution is 2.27. The summed E-state index contributed by atoms with van der Waals surface area (Å²) >= 11 is 0. The Morgan fingerprint density at radius 3 is 2.52 bits per heavy atom. The topological polar surface area (TPSA) is 114 Å². The molecule has 1 aliphatic heterocycles. The minimum absolute atomic E-state index is 0.0568. The van der Waals surface area contributed by atoms with Crippen LogP contribution in [0.15, 0.2) is 18.2 Å². The highest BCUT2D eigenvalue weighted by atomic mass is 32.2. The Bertz CT molecular complexity index is 707. The van der Waals surface area contributed by atoms with Crippen LogP contribution in [0.25, 0.3) is 0 Å². The first kappa shape index (κ1) is 19.6. The number of rotatable bonds is 9. The summed E-state index contributed by atoms with van der Waals surface area (Å²) in [6.45, 7) is 1.07. The van der Waals surface area contributed by atoms with Crippen LogP contribution in [0.4, 0.5) is 0 Å². The molecule has 0 aromatic heterocycles. The minimum atomic E-state index is -3.16. The highest BCUT2D eigenvalue weighted by molar-refractivity contribution is 7.91. The number of ether oxygens (including phenoxy) is 2. The van der Waals surface area contributed by atoms with Crippen molar-refractivity contribution in [2.24, 2.45) is 0 Å². The van der Waals surface area contributed by atoms with Gasteiger partial charge in [0, 0.05) is 24.7 Å². The Labute approximate surface area is 147 Å². The molecule has 1 aromatic rings. The van der Waals surface area contributed by atoms with Crippen LogP contribution < -0.4 is 20.1 Å². The maximum atomic E-state index is 12.2. The van der Waals surface area contributed by atoms with Crippen molar-refractivity contribution in [2.75, 3.05) is 45.4 Å². The molecule has 0 saturated carbocycles. The molecule has 1 aliphatic rings. The molecule has 25 heavy (non-hydrogen) atoms. The van der Waals surface area contributed by atoms with E-state index in [1.54, 1.807) is 18.2 Å². The minimum Gasteiger partial charge on any atom is -0.493 e. The number of ketones is 1. The predicted octanol–water partition coefficient (Wildman–Crippen LogP) is -0.776. The van der Waals surface area contributed by atoms with Gasteiger partial charge >= 0.3 is 0 Å². The molecule has 1 heterocycles. The number of carbonyl (C=O) groups excluding carboxylic acids is 1. The van der Waals surface area contributed by atoms with Crippen molar-refractivity contribution in [3.8, 4) is 11.5 Å². The van der Waals surface area contributed by atoms with Crippen LogP contribution in [0.2, 0.25) is 0 Å². The predicted molar refractivity (Wildman–Crippen MR) is 93.2 cm³/mol. The molecule has 8 nitrogen and oxygen atoms in total. The quantitative estimate of drug-likeness (QED) is 0.382. The third-order valence-corrected chi connectivity index (χ3v) is 5.74. The molecule has 3 N–H and O–H groups in total. The lowest BCUT2D eigenvalue weighted by Crippen LogP contribution is -2.42. The maximum absolute atomic E-state index is 12.2. The molecule has 0 bridgehead atoms. The fraction of sp³-hybridized carbons (Fsp3) is 0.562. The smallest absolute Gasteiger partial charge is 0.176 e. The number of aliphatic hydroxyl groups excluding tert-OH is 1. The average Bonchev–Trinajstić information content (AvgIpc) is 2.85. The second-order valence-electron chi connectivity index (χ2n) is 5.87. The van der Waals surface area contributed by atoms with Crippen LogP contribution in [0, 0.1) is 0 Å². The SMILES string of the molecule is COc1ccc(C(=O)CNCCN[C@@H]2CS(=O)(=O)C[C@H]2O)cc1OC. The second-order valence-corrected chi connectivity index (χ2v) is 8.03. The molecule has 2 rings (SSSR count). The molecule has 0 radical (unpaired) electrons. The molecule has 9 heteroatoms. The molecular weight excluding hydrogens is 348 g/mol. The Morgan fingerprint density at radius 2 is 1.92 bits per heavy atom. The van der Waals surface area contributed by atoms with E-state index in [2.05, 4.69) is 10.6 Å². The van der Waals surface area contributed by atoms with Gasteiger partial charge in [0.1, 0.15) is 0 Å². The zero-order valence-electron chi connectivity index (χ0n) is 14.3. The van der Waals surface area contributed by atoms with Gasteiger partial charge in [-0.1, -0.05) is 0 Å². The van der Waals surface area contributed by atoms with E-state index in [1.165, 1.54) is 14.2 Å². The van der Waals surface area contributed by atoms with E-state index in [-0.39, 0.29) is 23.8 Å².